The number of carbonyl (C=O) groups is 1. The van der Waals surface area contributed by atoms with Crippen molar-refractivity contribution in [1.82, 2.24) is 19.7 Å². The zero-order valence-electron chi connectivity index (χ0n) is 20.0. The molecule has 1 amide bonds. The highest BCUT2D eigenvalue weighted by Gasteiger charge is 2.22. The van der Waals surface area contributed by atoms with Crippen molar-refractivity contribution in [3.8, 4) is 17.2 Å². The molecule has 0 saturated carbocycles. The lowest BCUT2D eigenvalue weighted by Gasteiger charge is -2.19. The Balaban J connectivity index is 1.67. The molecule has 1 aromatic carbocycles. The zero-order chi connectivity index (χ0) is 25.7. The number of amides is 1. The molecule has 0 fully saturated rings. The van der Waals surface area contributed by atoms with Crippen LogP contribution in [0, 0.1) is 13.8 Å². The number of primary amides is 1. The van der Waals surface area contributed by atoms with E-state index >= 15 is 0 Å². The van der Waals surface area contributed by atoms with Gasteiger partial charge in [-0.25, -0.2) is 4.98 Å². The average Bonchev–Trinajstić information content (AvgIpc) is 3.21. The molecule has 0 saturated heterocycles. The lowest BCUT2D eigenvalue weighted by Crippen LogP contribution is -2.17. The van der Waals surface area contributed by atoms with Gasteiger partial charge in [-0.3, -0.25) is 19.3 Å². The Kier molecular flexibility index (Phi) is 5.72. The van der Waals surface area contributed by atoms with E-state index < -0.39 is 12.0 Å². The van der Waals surface area contributed by atoms with Gasteiger partial charge in [-0.15, -0.1) is 0 Å². The van der Waals surface area contributed by atoms with Gasteiger partial charge in [-0.1, -0.05) is 11.6 Å². The highest BCUT2D eigenvalue weighted by atomic mass is 35.5. The van der Waals surface area contributed by atoms with Crippen molar-refractivity contribution < 1.29 is 13.9 Å². The number of hydrogen-bond acceptors (Lipinski definition) is 7. The van der Waals surface area contributed by atoms with Crippen molar-refractivity contribution in [1.29, 1.82) is 0 Å². The van der Waals surface area contributed by atoms with Crippen LogP contribution in [0.3, 0.4) is 0 Å². The summed E-state index contributed by atoms with van der Waals surface area (Å²) in [5.41, 5.74) is 8.76. The molecule has 4 aromatic heterocycles. The third kappa shape index (κ3) is 4.07. The number of nitrogens with zero attached hydrogens (tertiary/aromatic N) is 4. The molecule has 0 spiro atoms. The SMILES string of the molecule is Cc1cc([C@@H](C)Oc2ccc(Cl)nc2C(N)=O)c2oc(-c3cc4cn(C)nc4cn3)c(C)c(=O)c2c1. The van der Waals surface area contributed by atoms with Crippen molar-refractivity contribution in [3.05, 3.63) is 80.5 Å². The van der Waals surface area contributed by atoms with Gasteiger partial charge in [0, 0.05) is 29.8 Å². The van der Waals surface area contributed by atoms with Crippen LogP contribution >= 0.6 is 11.6 Å². The Morgan fingerprint density at radius 3 is 2.75 bits per heavy atom. The van der Waals surface area contributed by atoms with Gasteiger partial charge >= 0.3 is 0 Å². The van der Waals surface area contributed by atoms with E-state index in [1.165, 1.54) is 12.1 Å². The molecule has 0 aliphatic rings. The minimum atomic E-state index is -0.768. The van der Waals surface area contributed by atoms with E-state index in [1.54, 1.807) is 30.8 Å². The number of hydrogen-bond donors (Lipinski definition) is 1. The molecule has 5 rings (SSSR count). The number of benzene rings is 1. The maximum Gasteiger partial charge on any atom is 0.271 e. The van der Waals surface area contributed by atoms with Crippen molar-refractivity contribution in [2.45, 2.75) is 26.9 Å². The molecule has 5 aromatic rings. The Hall–Kier alpha value is -4.24. The van der Waals surface area contributed by atoms with Crippen LogP contribution in [0.5, 0.6) is 5.75 Å². The topological polar surface area (TPSA) is 126 Å². The third-order valence-electron chi connectivity index (χ3n) is 5.93. The molecule has 0 radical (unpaired) electrons. The van der Waals surface area contributed by atoms with E-state index in [0.717, 1.165) is 16.5 Å². The zero-order valence-corrected chi connectivity index (χ0v) is 20.8. The molecule has 1 atom stereocenters. The van der Waals surface area contributed by atoms with Crippen LogP contribution in [-0.2, 0) is 7.05 Å². The summed E-state index contributed by atoms with van der Waals surface area (Å²) in [6.45, 7) is 5.39. The number of carbonyl (C=O) groups excluding carboxylic acids is 1. The second-order valence-electron chi connectivity index (χ2n) is 8.65. The number of pyridine rings is 2. The van der Waals surface area contributed by atoms with Crippen molar-refractivity contribution in [3.63, 3.8) is 0 Å². The van der Waals surface area contributed by atoms with Crippen LogP contribution < -0.4 is 15.9 Å². The summed E-state index contributed by atoms with van der Waals surface area (Å²) in [4.78, 5) is 33.8. The first-order valence-electron chi connectivity index (χ1n) is 11.1. The van der Waals surface area contributed by atoms with Gasteiger partial charge in [0.2, 0.25) is 0 Å². The molecule has 9 nitrogen and oxygen atoms in total. The Labute approximate surface area is 210 Å². The summed E-state index contributed by atoms with van der Waals surface area (Å²) < 4.78 is 14.1. The number of rotatable bonds is 5. The largest absolute Gasteiger partial charge is 0.483 e. The molecule has 0 bridgehead atoms. The summed E-state index contributed by atoms with van der Waals surface area (Å²) in [7, 11) is 1.83. The van der Waals surface area contributed by atoms with Crippen molar-refractivity contribution in [2.75, 3.05) is 0 Å². The fourth-order valence-corrected chi connectivity index (χ4v) is 4.38. The predicted octanol–water partition coefficient (Wildman–Crippen LogP) is 4.65. The fourth-order valence-electron chi connectivity index (χ4n) is 4.24. The summed E-state index contributed by atoms with van der Waals surface area (Å²) in [5.74, 6) is -0.232. The third-order valence-corrected chi connectivity index (χ3v) is 6.14. The van der Waals surface area contributed by atoms with Gasteiger partial charge in [0.25, 0.3) is 5.91 Å². The molecule has 0 aliphatic heterocycles. The quantitative estimate of drug-likeness (QED) is 0.346. The van der Waals surface area contributed by atoms with E-state index in [4.69, 9.17) is 26.5 Å². The molecule has 182 valence electrons. The van der Waals surface area contributed by atoms with Gasteiger partial charge in [0.05, 0.1) is 11.6 Å². The summed E-state index contributed by atoms with van der Waals surface area (Å²) in [5, 5.41) is 5.77. The monoisotopic (exact) mass is 503 g/mol. The summed E-state index contributed by atoms with van der Waals surface area (Å²) in [6.07, 6.45) is 2.89. The normalized spacial score (nSPS) is 12.2. The minimum Gasteiger partial charge on any atom is -0.483 e. The van der Waals surface area contributed by atoms with Gasteiger partial charge < -0.3 is 14.9 Å². The van der Waals surface area contributed by atoms with E-state index in [2.05, 4.69) is 15.1 Å². The van der Waals surface area contributed by atoms with Gasteiger partial charge in [-0.2, -0.15) is 5.10 Å². The highest BCUT2D eigenvalue weighted by Crippen LogP contribution is 2.33. The Bertz CT molecular complexity index is 1740. The van der Waals surface area contributed by atoms with E-state index in [0.29, 0.717) is 33.6 Å². The van der Waals surface area contributed by atoms with Crippen molar-refractivity contribution in [2.24, 2.45) is 12.8 Å². The first kappa shape index (κ1) is 23.5. The first-order valence-corrected chi connectivity index (χ1v) is 11.5. The van der Waals surface area contributed by atoms with Gasteiger partial charge in [0.15, 0.2) is 22.6 Å². The molecular formula is C26H22ClN5O4. The van der Waals surface area contributed by atoms with Gasteiger partial charge in [-0.05, 0) is 56.7 Å². The van der Waals surface area contributed by atoms with Crippen LogP contribution in [-0.4, -0.2) is 25.7 Å². The van der Waals surface area contributed by atoms with Crippen LogP contribution in [0.25, 0.3) is 33.3 Å². The predicted molar refractivity (Wildman–Crippen MR) is 136 cm³/mol. The smallest absolute Gasteiger partial charge is 0.271 e. The van der Waals surface area contributed by atoms with E-state index in [-0.39, 0.29) is 22.0 Å². The fraction of sp³-hybridized carbons (Fsp3) is 0.192. The van der Waals surface area contributed by atoms with Crippen LogP contribution in [0.2, 0.25) is 5.15 Å². The maximum atomic E-state index is 13.4. The number of ether oxygens (including phenoxy) is 1. The van der Waals surface area contributed by atoms with Gasteiger partial charge in [0.1, 0.15) is 28.1 Å². The second kappa shape index (κ2) is 8.76. The van der Waals surface area contributed by atoms with E-state index in [9.17, 15) is 9.59 Å². The molecule has 2 N–H and O–H groups in total. The Morgan fingerprint density at radius 2 is 2.00 bits per heavy atom. The molecule has 0 unspecified atom stereocenters. The van der Waals surface area contributed by atoms with Crippen LogP contribution in [0.15, 0.2) is 51.9 Å². The van der Waals surface area contributed by atoms with Crippen molar-refractivity contribution >= 4 is 39.4 Å². The standard InChI is InChI=1S/C26H22ClN5O4/c1-12-7-16(14(3)35-20-5-6-21(27)30-22(20)26(28)34)25-17(8-12)23(33)13(2)24(36-25)18-9-15-11-32(4)31-19(15)10-29-18/h5-11,14H,1-4H3,(H2,28,34)/t14-/m1/s1. The molecular weight excluding hydrogens is 482 g/mol. The lowest BCUT2D eigenvalue weighted by molar-refractivity contribution is 0.0988. The maximum absolute atomic E-state index is 13.4. The highest BCUT2D eigenvalue weighted by molar-refractivity contribution is 6.29. The second-order valence-corrected chi connectivity index (χ2v) is 9.04. The van der Waals surface area contributed by atoms with E-state index in [1.807, 2.05) is 32.3 Å². The number of halogens is 1. The molecule has 36 heavy (non-hydrogen) atoms. The number of aryl methyl sites for hydroxylation is 2. The van der Waals surface area contributed by atoms with Crippen LogP contribution in [0.4, 0.5) is 0 Å². The molecule has 4 heterocycles. The Morgan fingerprint density at radius 1 is 1.22 bits per heavy atom. The number of fused-ring (bicyclic) bond motifs is 2. The molecule has 10 heteroatoms. The summed E-state index contributed by atoms with van der Waals surface area (Å²) in [6, 6.07) is 8.53. The average molecular weight is 504 g/mol. The first-order chi connectivity index (χ1) is 17.1. The summed E-state index contributed by atoms with van der Waals surface area (Å²) >= 11 is 5.92. The molecule has 0 aliphatic carbocycles. The number of nitrogens with two attached hydrogens (primary N) is 1. The van der Waals surface area contributed by atoms with Crippen LogP contribution in [0.1, 0.15) is 40.2 Å². The lowest BCUT2D eigenvalue weighted by atomic mass is 10.0. The number of aromatic nitrogens is 4. The minimum absolute atomic E-state index is 0.0849.